The van der Waals surface area contributed by atoms with Crippen LogP contribution in [0.2, 0.25) is 0 Å². The van der Waals surface area contributed by atoms with Gasteiger partial charge in [-0.05, 0) is 70.9 Å². The van der Waals surface area contributed by atoms with Gasteiger partial charge in [-0.1, -0.05) is 12.8 Å². The van der Waals surface area contributed by atoms with Gasteiger partial charge in [-0.25, -0.2) is 0 Å². The summed E-state index contributed by atoms with van der Waals surface area (Å²) in [5.74, 6) is -0.0347. The van der Waals surface area contributed by atoms with Crippen LogP contribution in [0.15, 0.2) is 30.3 Å². The standard InChI is InChI=1S/C22H31N3O/c1-16(2)25-17(3)15-21(18(25)4)22(26)23-19-9-11-20(12-10-19)24-13-7-5-6-8-14-24/h9-12,15-16H,5-8,13-14H2,1-4H3,(H,23,26). The van der Waals surface area contributed by atoms with Crippen molar-refractivity contribution >= 4 is 17.3 Å². The minimum Gasteiger partial charge on any atom is -0.372 e. The number of nitrogens with one attached hydrogen (secondary N) is 1. The van der Waals surface area contributed by atoms with Gasteiger partial charge in [0.15, 0.2) is 0 Å². The molecule has 1 fully saturated rings. The van der Waals surface area contributed by atoms with Gasteiger partial charge in [0.25, 0.3) is 5.91 Å². The van der Waals surface area contributed by atoms with Crippen LogP contribution >= 0.6 is 0 Å². The van der Waals surface area contributed by atoms with Crippen LogP contribution in [0.1, 0.15) is 67.3 Å². The minimum atomic E-state index is -0.0347. The Labute approximate surface area is 157 Å². The van der Waals surface area contributed by atoms with Crippen LogP contribution in [0.5, 0.6) is 0 Å². The van der Waals surface area contributed by atoms with Crippen LogP contribution in [0.4, 0.5) is 11.4 Å². The van der Waals surface area contributed by atoms with E-state index in [-0.39, 0.29) is 5.91 Å². The van der Waals surface area contributed by atoms with E-state index in [1.54, 1.807) is 0 Å². The molecule has 0 bridgehead atoms. The molecule has 0 spiro atoms. The molecule has 140 valence electrons. The molecule has 1 saturated heterocycles. The van der Waals surface area contributed by atoms with Crippen LogP contribution in [-0.2, 0) is 0 Å². The zero-order valence-corrected chi connectivity index (χ0v) is 16.5. The van der Waals surface area contributed by atoms with E-state index in [4.69, 9.17) is 0 Å². The number of hydrogen-bond donors (Lipinski definition) is 1. The van der Waals surface area contributed by atoms with Gasteiger partial charge in [-0.3, -0.25) is 4.79 Å². The third kappa shape index (κ3) is 3.95. The van der Waals surface area contributed by atoms with Crippen molar-refractivity contribution in [2.75, 3.05) is 23.3 Å². The number of benzene rings is 1. The minimum absolute atomic E-state index is 0.0347. The van der Waals surface area contributed by atoms with E-state index in [1.807, 2.05) is 25.1 Å². The molecule has 26 heavy (non-hydrogen) atoms. The Morgan fingerprint density at radius 2 is 1.62 bits per heavy atom. The summed E-state index contributed by atoms with van der Waals surface area (Å²) in [6, 6.07) is 10.6. The van der Waals surface area contributed by atoms with E-state index in [9.17, 15) is 4.79 Å². The van der Waals surface area contributed by atoms with Gasteiger partial charge in [-0.2, -0.15) is 0 Å². The number of aryl methyl sites for hydroxylation is 1. The van der Waals surface area contributed by atoms with Crippen molar-refractivity contribution in [2.45, 2.75) is 59.4 Å². The highest BCUT2D eigenvalue weighted by atomic mass is 16.1. The van der Waals surface area contributed by atoms with Crippen molar-refractivity contribution < 1.29 is 4.79 Å². The topological polar surface area (TPSA) is 37.3 Å². The van der Waals surface area contributed by atoms with Crippen molar-refractivity contribution in [3.8, 4) is 0 Å². The third-order valence-corrected chi connectivity index (χ3v) is 5.34. The highest BCUT2D eigenvalue weighted by Crippen LogP contribution is 2.24. The number of anilines is 2. The fraction of sp³-hybridized carbons (Fsp3) is 0.500. The number of nitrogens with zero attached hydrogens (tertiary/aromatic N) is 2. The lowest BCUT2D eigenvalue weighted by Crippen LogP contribution is -2.23. The van der Waals surface area contributed by atoms with E-state index in [0.29, 0.717) is 6.04 Å². The van der Waals surface area contributed by atoms with Gasteiger partial charge in [-0.15, -0.1) is 0 Å². The quantitative estimate of drug-likeness (QED) is 0.808. The second-order valence-electron chi connectivity index (χ2n) is 7.65. The first-order chi connectivity index (χ1) is 12.5. The van der Waals surface area contributed by atoms with Gasteiger partial charge >= 0.3 is 0 Å². The normalized spacial score (nSPS) is 15.2. The van der Waals surface area contributed by atoms with Crippen LogP contribution in [-0.4, -0.2) is 23.6 Å². The number of carbonyl (C=O) groups is 1. The van der Waals surface area contributed by atoms with Crippen molar-refractivity contribution in [3.05, 3.63) is 47.3 Å². The molecule has 0 aliphatic carbocycles. The molecule has 2 aromatic rings. The lowest BCUT2D eigenvalue weighted by Gasteiger charge is -2.22. The molecule has 1 N–H and O–H groups in total. The zero-order valence-electron chi connectivity index (χ0n) is 16.5. The number of hydrogen-bond acceptors (Lipinski definition) is 2. The van der Waals surface area contributed by atoms with Gasteiger partial charge in [0.1, 0.15) is 0 Å². The summed E-state index contributed by atoms with van der Waals surface area (Å²) in [5, 5.41) is 3.05. The largest absolute Gasteiger partial charge is 0.372 e. The molecule has 1 aromatic carbocycles. The van der Waals surface area contributed by atoms with Crippen LogP contribution in [0.25, 0.3) is 0 Å². The van der Waals surface area contributed by atoms with Crippen molar-refractivity contribution in [1.82, 2.24) is 4.57 Å². The Morgan fingerprint density at radius 3 is 2.15 bits per heavy atom. The molecule has 2 heterocycles. The maximum Gasteiger partial charge on any atom is 0.257 e. The average molecular weight is 354 g/mol. The molecule has 0 radical (unpaired) electrons. The molecule has 4 heteroatoms. The van der Waals surface area contributed by atoms with Crippen LogP contribution in [0.3, 0.4) is 0 Å². The van der Waals surface area contributed by atoms with Crippen LogP contribution < -0.4 is 10.2 Å². The molecule has 0 atom stereocenters. The van der Waals surface area contributed by atoms with Crippen molar-refractivity contribution in [1.29, 1.82) is 0 Å². The lowest BCUT2D eigenvalue weighted by molar-refractivity contribution is 0.102. The molecule has 1 amide bonds. The molecule has 4 nitrogen and oxygen atoms in total. The second-order valence-corrected chi connectivity index (χ2v) is 7.65. The van der Waals surface area contributed by atoms with E-state index in [1.165, 1.54) is 31.4 Å². The predicted octanol–water partition coefficient (Wildman–Crippen LogP) is 5.32. The summed E-state index contributed by atoms with van der Waals surface area (Å²) in [5.41, 5.74) is 5.01. The molecule has 1 aromatic heterocycles. The summed E-state index contributed by atoms with van der Waals surface area (Å²) < 4.78 is 2.21. The monoisotopic (exact) mass is 353 g/mol. The molecule has 3 rings (SSSR count). The Kier molecular flexibility index (Phi) is 5.70. The van der Waals surface area contributed by atoms with Gasteiger partial charge in [0, 0.05) is 41.9 Å². The number of rotatable bonds is 4. The van der Waals surface area contributed by atoms with Crippen LogP contribution in [0, 0.1) is 13.8 Å². The van der Waals surface area contributed by atoms with E-state index in [0.717, 1.165) is 35.7 Å². The molecular weight excluding hydrogens is 322 g/mol. The first-order valence-electron chi connectivity index (χ1n) is 9.82. The summed E-state index contributed by atoms with van der Waals surface area (Å²) in [7, 11) is 0. The fourth-order valence-corrected chi connectivity index (χ4v) is 4.08. The Morgan fingerprint density at radius 1 is 1.00 bits per heavy atom. The van der Waals surface area contributed by atoms with E-state index < -0.39 is 0 Å². The molecule has 1 aliphatic heterocycles. The average Bonchev–Trinajstić information content (AvgIpc) is 2.79. The zero-order chi connectivity index (χ0) is 18.7. The summed E-state index contributed by atoms with van der Waals surface area (Å²) in [4.78, 5) is 15.2. The predicted molar refractivity (Wildman–Crippen MR) is 109 cm³/mol. The summed E-state index contributed by atoms with van der Waals surface area (Å²) in [6.45, 7) is 10.6. The Hall–Kier alpha value is -2.23. The summed E-state index contributed by atoms with van der Waals surface area (Å²) in [6.07, 6.45) is 5.20. The lowest BCUT2D eigenvalue weighted by atomic mass is 10.2. The van der Waals surface area contributed by atoms with Gasteiger partial charge in [0.05, 0.1) is 5.56 Å². The van der Waals surface area contributed by atoms with E-state index >= 15 is 0 Å². The Balaban J connectivity index is 1.71. The number of carbonyl (C=O) groups excluding carboxylic acids is 1. The fourth-order valence-electron chi connectivity index (χ4n) is 4.08. The first-order valence-corrected chi connectivity index (χ1v) is 9.82. The van der Waals surface area contributed by atoms with Gasteiger partial charge < -0.3 is 14.8 Å². The number of amides is 1. The summed E-state index contributed by atoms with van der Waals surface area (Å²) >= 11 is 0. The van der Waals surface area contributed by atoms with E-state index in [2.05, 4.69) is 47.7 Å². The highest BCUT2D eigenvalue weighted by molar-refractivity contribution is 6.05. The first kappa shape index (κ1) is 18.6. The maximum absolute atomic E-state index is 12.7. The molecule has 0 unspecified atom stereocenters. The molecule has 1 aliphatic rings. The maximum atomic E-state index is 12.7. The Bertz CT molecular complexity index is 750. The SMILES string of the molecule is Cc1cc(C(=O)Nc2ccc(N3CCCCCC3)cc2)c(C)n1C(C)C. The van der Waals surface area contributed by atoms with Crippen molar-refractivity contribution in [3.63, 3.8) is 0 Å². The van der Waals surface area contributed by atoms with Crippen molar-refractivity contribution in [2.24, 2.45) is 0 Å². The third-order valence-electron chi connectivity index (χ3n) is 5.34. The molecular formula is C22H31N3O. The second kappa shape index (κ2) is 7.98. The molecule has 0 saturated carbocycles. The number of aromatic nitrogens is 1. The highest BCUT2D eigenvalue weighted by Gasteiger charge is 2.17. The van der Waals surface area contributed by atoms with Gasteiger partial charge in [0.2, 0.25) is 0 Å². The smallest absolute Gasteiger partial charge is 0.257 e.